The largest absolute Gasteiger partial charge is 0.385 e. The van der Waals surface area contributed by atoms with Gasteiger partial charge in [0.1, 0.15) is 11.6 Å². The molecule has 0 bridgehead atoms. The van der Waals surface area contributed by atoms with Crippen molar-refractivity contribution in [2.24, 2.45) is 5.41 Å². The van der Waals surface area contributed by atoms with Crippen molar-refractivity contribution in [1.29, 1.82) is 0 Å². The van der Waals surface area contributed by atoms with Crippen LogP contribution in [0.25, 0.3) is 0 Å². The highest BCUT2D eigenvalue weighted by Crippen LogP contribution is 2.48. The molecule has 0 radical (unpaired) electrons. The molecule has 2 rings (SSSR count). The summed E-state index contributed by atoms with van der Waals surface area (Å²) in [5.41, 5.74) is 0.302. The summed E-state index contributed by atoms with van der Waals surface area (Å²) in [5.74, 6) is 1.02. The third-order valence-corrected chi connectivity index (χ3v) is 3.72. The maximum absolute atomic E-state index is 10.9. The molecule has 20 heavy (non-hydrogen) atoms. The lowest BCUT2D eigenvalue weighted by molar-refractivity contribution is -0.384. The molecular formula is C13H20N4O3. The number of pyridine rings is 1. The monoisotopic (exact) mass is 280 g/mol. The van der Waals surface area contributed by atoms with Crippen molar-refractivity contribution in [3.8, 4) is 0 Å². The summed E-state index contributed by atoms with van der Waals surface area (Å²) in [4.78, 5) is 14.8. The number of rotatable bonds is 8. The SMILES string of the molecule is CNc1cc([N+](=O)[O-])cc(NCC2(CCOC)CC2)n1. The Hall–Kier alpha value is -1.89. The van der Waals surface area contributed by atoms with Crippen LogP contribution in [0.2, 0.25) is 0 Å². The molecule has 110 valence electrons. The van der Waals surface area contributed by atoms with Crippen LogP contribution in [0.3, 0.4) is 0 Å². The highest BCUT2D eigenvalue weighted by atomic mass is 16.6. The van der Waals surface area contributed by atoms with Gasteiger partial charge in [-0.15, -0.1) is 0 Å². The highest BCUT2D eigenvalue weighted by Gasteiger charge is 2.41. The van der Waals surface area contributed by atoms with Crippen molar-refractivity contribution < 1.29 is 9.66 Å². The van der Waals surface area contributed by atoms with Gasteiger partial charge in [-0.1, -0.05) is 0 Å². The van der Waals surface area contributed by atoms with E-state index in [9.17, 15) is 10.1 Å². The molecule has 1 aromatic rings. The van der Waals surface area contributed by atoms with Gasteiger partial charge in [0.15, 0.2) is 0 Å². The first kappa shape index (κ1) is 14.5. The number of nitrogens with zero attached hydrogens (tertiary/aromatic N) is 2. The van der Waals surface area contributed by atoms with E-state index >= 15 is 0 Å². The maximum Gasteiger partial charge on any atom is 0.276 e. The summed E-state index contributed by atoms with van der Waals surface area (Å²) in [7, 11) is 3.39. The number of methoxy groups -OCH3 is 1. The molecule has 0 atom stereocenters. The molecule has 7 nitrogen and oxygen atoms in total. The highest BCUT2D eigenvalue weighted by molar-refractivity contribution is 5.54. The first-order valence-corrected chi connectivity index (χ1v) is 6.66. The minimum absolute atomic E-state index is 0.0357. The fraction of sp³-hybridized carbons (Fsp3) is 0.615. The molecule has 2 N–H and O–H groups in total. The number of aromatic nitrogens is 1. The lowest BCUT2D eigenvalue weighted by atomic mass is 10.0. The molecule has 7 heteroatoms. The summed E-state index contributed by atoms with van der Waals surface area (Å²) in [6, 6.07) is 2.89. The smallest absolute Gasteiger partial charge is 0.276 e. The summed E-state index contributed by atoms with van der Waals surface area (Å²) in [6.45, 7) is 1.51. The Bertz CT molecular complexity index is 489. The second-order valence-corrected chi connectivity index (χ2v) is 5.20. The van der Waals surface area contributed by atoms with Gasteiger partial charge in [0.05, 0.1) is 17.1 Å². The van der Waals surface area contributed by atoms with E-state index in [1.807, 2.05) is 0 Å². The quantitative estimate of drug-likeness (QED) is 0.561. The third kappa shape index (κ3) is 3.57. The lowest BCUT2D eigenvalue weighted by Crippen LogP contribution is -2.18. The van der Waals surface area contributed by atoms with Crippen LogP contribution in [-0.4, -0.2) is 37.2 Å². The van der Waals surface area contributed by atoms with E-state index in [1.165, 1.54) is 12.1 Å². The molecule has 0 aliphatic heterocycles. The third-order valence-electron chi connectivity index (χ3n) is 3.72. The number of ether oxygens (including phenoxy) is 1. The summed E-state index contributed by atoms with van der Waals surface area (Å²) in [5, 5.41) is 16.9. The van der Waals surface area contributed by atoms with E-state index in [0.29, 0.717) is 11.6 Å². The van der Waals surface area contributed by atoms with Crippen LogP contribution >= 0.6 is 0 Å². The Kier molecular flexibility index (Phi) is 4.39. The molecule has 1 saturated carbocycles. The van der Waals surface area contributed by atoms with Gasteiger partial charge in [-0.3, -0.25) is 10.1 Å². The van der Waals surface area contributed by atoms with Gasteiger partial charge in [-0.2, -0.15) is 0 Å². The summed E-state index contributed by atoms with van der Waals surface area (Å²) < 4.78 is 5.11. The average molecular weight is 280 g/mol. The van der Waals surface area contributed by atoms with Crippen LogP contribution in [0.15, 0.2) is 12.1 Å². The Morgan fingerprint density at radius 1 is 1.45 bits per heavy atom. The molecule has 0 spiro atoms. The van der Waals surface area contributed by atoms with Crippen molar-refractivity contribution >= 4 is 17.3 Å². The standard InChI is InChI=1S/C13H20N4O3/c1-14-11-7-10(17(18)19)8-12(16-11)15-9-13(3-4-13)5-6-20-2/h7-8H,3-6,9H2,1-2H3,(H2,14,15,16). The van der Waals surface area contributed by atoms with Crippen LogP contribution in [0.4, 0.5) is 17.3 Å². The molecule has 0 aromatic carbocycles. The first-order valence-electron chi connectivity index (χ1n) is 6.66. The second kappa shape index (κ2) is 6.04. The summed E-state index contributed by atoms with van der Waals surface area (Å²) >= 11 is 0. The van der Waals surface area contributed by atoms with Gasteiger partial charge in [-0.25, -0.2) is 4.98 Å². The number of anilines is 2. The number of hydrogen-bond acceptors (Lipinski definition) is 6. The number of hydrogen-bond donors (Lipinski definition) is 2. The fourth-order valence-corrected chi connectivity index (χ4v) is 2.13. The molecule has 1 aliphatic carbocycles. The van der Waals surface area contributed by atoms with Gasteiger partial charge >= 0.3 is 0 Å². The zero-order valence-corrected chi connectivity index (χ0v) is 11.8. The molecule has 0 unspecified atom stereocenters. The molecule has 1 aromatic heterocycles. The zero-order chi connectivity index (χ0) is 14.6. The van der Waals surface area contributed by atoms with Gasteiger partial charge in [-0.05, 0) is 24.7 Å². The normalized spacial score (nSPS) is 15.7. The first-order chi connectivity index (χ1) is 9.58. The van der Waals surface area contributed by atoms with Crippen molar-refractivity contribution in [3.63, 3.8) is 0 Å². The lowest BCUT2D eigenvalue weighted by Gasteiger charge is -2.16. The minimum Gasteiger partial charge on any atom is -0.385 e. The van der Waals surface area contributed by atoms with Crippen LogP contribution in [0.5, 0.6) is 0 Å². The fourth-order valence-electron chi connectivity index (χ4n) is 2.13. The number of nitrogens with one attached hydrogen (secondary N) is 2. The Balaban J connectivity index is 2.02. The van der Waals surface area contributed by atoms with E-state index in [4.69, 9.17) is 4.74 Å². The predicted octanol–water partition coefficient (Wildman–Crippen LogP) is 2.26. The molecule has 0 amide bonds. The predicted molar refractivity (Wildman–Crippen MR) is 77.1 cm³/mol. The van der Waals surface area contributed by atoms with Gasteiger partial charge in [0.25, 0.3) is 5.69 Å². The van der Waals surface area contributed by atoms with E-state index in [0.717, 1.165) is 32.4 Å². The maximum atomic E-state index is 10.9. The molecule has 1 aliphatic rings. The van der Waals surface area contributed by atoms with Crippen LogP contribution in [-0.2, 0) is 4.74 Å². The molecule has 0 saturated heterocycles. The van der Waals surface area contributed by atoms with Crippen molar-refractivity contribution in [3.05, 3.63) is 22.2 Å². The van der Waals surface area contributed by atoms with Crippen molar-refractivity contribution in [1.82, 2.24) is 4.98 Å². The summed E-state index contributed by atoms with van der Waals surface area (Å²) in [6.07, 6.45) is 3.33. The van der Waals surface area contributed by atoms with Gasteiger partial charge in [0, 0.05) is 27.3 Å². The van der Waals surface area contributed by atoms with Crippen molar-refractivity contribution in [2.45, 2.75) is 19.3 Å². The Labute approximate surface area is 117 Å². The van der Waals surface area contributed by atoms with E-state index in [2.05, 4.69) is 15.6 Å². The Morgan fingerprint density at radius 2 is 2.15 bits per heavy atom. The molecule has 1 heterocycles. The van der Waals surface area contributed by atoms with Gasteiger partial charge < -0.3 is 15.4 Å². The molecule has 1 fully saturated rings. The second-order valence-electron chi connectivity index (χ2n) is 5.20. The zero-order valence-electron chi connectivity index (χ0n) is 11.8. The van der Waals surface area contributed by atoms with E-state index in [-0.39, 0.29) is 11.1 Å². The topological polar surface area (TPSA) is 89.3 Å². The van der Waals surface area contributed by atoms with Crippen molar-refractivity contribution in [2.75, 3.05) is 37.9 Å². The van der Waals surface area contributed by atoms with Gasteiger partial charge in [0.2, 0.25) is 0 Å². The Morgan fingerprint density at radius 3 is 2.70 bits per heavy atom. The average Bonchev–Trinajstić information content (AvgIpc) is 3.23. The van der Waals surface area contributed by atoms with E-state index in [1.54, 1.807) is 14.2 Å². The molecular weight excluding hydrogens is 260 g/mol. The van der Waals surface area contributed by atoms with Crippen LogP contribution in [0, 0.1) is 15.5 Å². The van der Waals surface area contributed by atoms with E-state index < -0.39 is 4.92 Å². The van der Waals surface area contributed by atoms with Crippen LogP contribution in [0.1, 0.15) is 19.3 Å². The minimum atomic E-state index is -0.411. The number of nitro groups is 1. The van der Waals surface area contributed by atoms with Crippen LogP contribution < -0.4 is 10.6 Å².